The van der Waals surface area contributed by atoms with Crippen molar-refractivity contribution in [2.24, 2.45) is 0 Å². The monoisotopic (exact) mass is 263 g/mol. The average molecular weight is 263 g/mol. The van der Waals surface area contributed by atoms with Crippen LogP contribution in [0.5, 0.6) is 0 Å². The van der Waals surface area contributed by atoms with Crippen LogP contribution in [0.1, 0.15) is 26.2 Å². The van der Waals surface area contributed by atoms with Crippen LogP contribution < -0.4 is 0 Å². The van der Waals surface area contributed by atoms with Crippen molar-refractivity contribution in [3.8, 4) is 0 Å². The molecular formula is C11H21NO4S. The number of unbranched alkanes of at least 4 members (excludes halogenated alkanes) is 1. The molecule has 0 amide bonds. The van der Waals surface area contributed by atoms with Gasteiger partial charge in [0, 0.05) is 19.6 Å². The Morgan fingerprint density at radius 3 is 2.53 bits per heavy atom. The lowest BCUT2D eigenvalue weighted by molar-refractivity contribution is -0.144. The van der Waals surface area contributed by atoms with Crippen molar-refractivity contribution in [2.75, 3.05) is 37.7 Å². The SMILES string of the molecule is CCCCOC(=O)CCN1CCS(=O)(=O)CC1. The van der Waals surface area contributed by atoms with Gasteiger partial charge in [-0.1, -0.05) is 13.3 Å². The molecule has 0 N–H and O–H groups in total. The fourth-order valence-electron chi connectivity index (χ4n) is 1.63. The molecule has 0 atom stereocenters. The second kappa shape index (κ2) is 6.96. The van der Waals surface area contributed by atoms with Crippen LogP contribution in [0.4, 0.5) is 0 Å². The van der Waals surface area contributed by atoms with E-state index in [1.54, 1.807) is 0 Å². The average Bonchev–Trinajstić information content (AvgIpc) is 2.28. The van der Waals surface area contributed by atoms with Gasteiger partial charge in [0.25, 0.3) is 0 Å². The Morgan fingerprint density at radius 1 is 1.29 bits per heavy atom. The summed E-state index contributed by atoms with van der Waals surface area (Å²) in [7, 11) is -2.83. The molecule has 17 heavy (non-hydrogen) atoms. The van der Waals surface area contributed by atoms with Crippen LogP contribution in [0.2, 0.25) is 0 Å². The molecule has 100 valence electrons. The summed E-state index contributed by atoms with van der Waals surface area (Å²) in [6.45, 7) is 4.20. The first kappa shape index (κ1) is 14.4. The van der Waals surface area contributed by atoms with Crippen molar-refractivity contribution in [3.05, 3.63) is 0 Å². The minimum Gasteiger partial charge on any atom is -0.466 e. The predicted octanol–water partition coefficient (Wildman–Crippen LogP) is 0.450. The molecule has 1 rings (SSSR count). The van der Waals surface area contributed by atoms with Gasteiger partial charge in [0.1, 0.15) is 0 Å². The Bertz CT molecular complexity index is 325. The maximum absolute atomic E-state index is 11.3. The van der Waals surface area contributed by atoms with Gasteiger partial charge in [0.05, 0.1) is 24.5 Å². The van der Waals surface area contributed by atoms with Crippen molar-refractivity contribution >= 4 is 15.8 Å². The number of carbonyl (C=O) groups excluding carboxylic acids is 1. The zero-order valence-corrected chi connectivity index (χ0v) is 11.2. The number of nitrogens with zero attached hydrogens (tertiary/aromatic N) is 1. The Labute approximate surface area is 103 Å². The standard InChI is InChI=1S/C11H21NO4S/c1-2-3-8-16-11(13)4-5-12-6-9-17(14,15)10-7-12/h2-10H2,1H3. The number of sulfone groups is 1. The van der Waals surface area contributed by atoms with Gasteiger partial charge < -0.3 is 9.64 Å². The minimum absolute atomic E-state index is 0.188. The molecule has 0 aliphatic carbocycles. The molecule has 5 nitrogen and oxygen atoms in total. The van der Waals surface area contributed by atoms with Crippen LogP contribution in [-0.4, -0.2) is 57.0 Å². The van der Waals surface area contributed by atoms with Crippen LogP contribution >= 0.6 is 0 Å². The van der Waals surface area contributed by atoms with Crippen molar-refractivity contribution in [3.63, 3.8) is 0 Å². The summed E-state index contributed by atoms with van der Waals surface area (Å²) in [6.07, 6.45) is 2.26. The fourth-order valence-corrected chi connectivity index (χ4v) is 2.90. The lowest BCUT2D eigenvalue weighted by atomic mass is 10.3. The van der Waals surface area contributed by atoms with Gasteiger partial charge in [-0.2, -0.15) is 0 Å². The molecule has 1 aliphatic heterocycles. The molecule has 0 unspecified atom stereocenters. The maximum atomic E-state index is 11.3. The molecule has 0 saturated carbocycles. The van der Waals surface area contributed by atoms with Gasteiger partial charge in [0.2, 0.25) is 0 Å². The molecule has 1 fully saturated rings. The van der Waals surface area contributed by atoms with Gasteiger partial charge in [-0.05, 0) is 6.42 Å². The summed E-state index contributed by atoms with van der Waals surface area (Å²) in [5.74, 6) is 0.224. The van der Waals surface area contributed by atoms with Crippen molar-refractivity contribution < 1.29 is 17.9 Å². The minimum atomic E-state index is -2.83. The van der Waals surface area contributed by atoms with E-state index in [1.165, 1.54) is 0 Å². The van der Waals surface area contributed by atoms with Crippen LogP contribution in [0.3, 0.4) is 0 Å². The molecule has 1 saturated heterocycles. The molecular weight excluding hydrogens is 242 g/mol. The topological polar surface area (TPSA) is 63.7 Å². The molecule has 0 bridgehead atoms. The highest BCUT2D eigenvalue weighted by Crippen LogP contribution is 2.04. The van der Waals surface area contributed by atoms with Crippen LogP contribution in [-0.2, 0) is 19.4 Å². The molecule has 0 aromatic carbocycles. The zero-order chi connectivity index (χ0) is 12.7. The number of rotatable bonds is 6. The van der Waals surface area contributed by atoms with E-state index in [0.717, 1.165) is 12.8 Å². The van der Waals surface area contributed by atoms with E-state index in [4.69, 9.17) is 4.74 Å². The van der Waals surface area contributed by atoms with Crippen LogP contribution in [0.15, 0.2) is 0 Å². The van der Waals surface area contributed by atoms with Gasteiger partial charge >= 0.3 is 5.97 Å². The Kier molecular flexibility index (Phi) is 5.91. The van der Waals surface area contributed by atoms with Gasteiger partial charge in [-0.3, -0.25) is 4.79 Å². The maximum Gasteiger partial charge on any atom is 0.307 e. The fraction of sp³-hybridized carbons (Fsp3) is 0.909. The van der Waals surface area contributed by atoms with Crippen molar-refractivity contribution in [2.45, 2.75) is 26.2 Å². The van der Waals surface area contributed by atoms with Crippen molar-refractivity contribution in [1.82, 2.24) is 4.90 Å². The lowest BCUT2D eigenvalue weighted by Gasteiger charge is -2.25. The van der Waals surface area contributed by atoms with Gasteiger partial charge in [-0.15, -0.1) is 0 Å². The quantitative estimate of drug-likeness (QED) is 0.514. The highest BCUT2D eigenvalue weighted by Gasteiger charge is 2.21. The first-order valence-corrected chi connectivity index (χ1v) is 7.94. The largest absolute Gasteiger partial charge is 0.466 e. The number of ether oxygens (including phenoxy) is 1. The number of carbonyl (C=O) groups is 1. The normalized spacial score (nSPS) is 20.1. The third-order valence-electron chi connectivity index (χ3n) is 2.83. The van der Waals surface area contributed by atoms with Gasteiger partial charge in [-0.25, -0.2) is 8.42 Å². The number of hydrogen-bond donors (Lipinski definition) is 0. The van der Waals surface area contributed by atoms with Crippen molar-refractivity contribution in [1.29, 1.82) is 0 Å². The molecule has 0 aromatic heterocycles. The Hall–Kier alpha value is -0.620. The lowest BCUT2D eigenvalue weighted by Crippen LogP contribution is -2.41. The highest BCUT2D eigenvalue weighted by molar-refractivity contribution is 7.91. The van der Waals surface area contributed by atoms with E-state index in [2.05, 4.69) is 0 Å². The third-order valence-corrected chi connectivity index (χ3v) is 4.44. The summed E-state index contributed by atoms with van der Waals surface area (Å²) >= 11 is 0. The molecule has 0 spiro atoms. The highest BCUT2D eigenvalue weighted by atomic mass is 32.2. The van der Waals surface area contributed by atoms with Crippen LogP contribution in [0.25, 0.3) is 0 Å². The Balaban J connectivity index is 2.13. The second-order valence-electron chi connectivity index (χ2n) is 4.32. The van der Waals surface area contributed by atoms with E-state index in [0.29, 0.717) is 32.7 Å². The zero-order valence-electron chi connectivity index (χ0n) is 10.4. The number of hydrogen-bond acceptors (Lipinski definition) is 5. The van der Waals surface area contributed by atoms with Gasteiger partial charge in [0.15, 0.2) is 9.84 Å². The molecule has 1 aliphatic rings. The van der Waals surface area contributed by atoms with E-state index >= 15 is 0 Å². The summed E-state index contributed by atoms with van der Waals surface area (Å²) in [5, 5.41) is 0. The molecule has 6 heteroatoms. The second-order valence-corrected chi connectivity index (χ2v) is 6.62. The predicted molar refractivity (Wildman–Crippen MR) is 65.6 cm³/mol. The van der Waals surface area contributed by atoms with E-state index < -0.39 is 9.84 Å². The summed E-state index contributed by atoms with van der Waals surface area (Å²) in [4.78, 5) is 13.3. The molecule has 0 radical (unpaired) electrons. The summed E-state index contributed by atoms with van der Waals surface area (Å²) in [5.41, 5.74) is 0. The summed E-state index contributed by atoms with van der Waals surface area (Å²) < 4.78 is 27.4. The van der Waals surface area contributed by atoms with E-state index in [-0.39, 0.29) is 17.5 Å². The van der Waals surface area contributed by atoms with E-state index in [1.807, 2.05) is 11.8 Å². The first-order chi connectivity index (χ1) is 8.03. The molecule has 0 aromatic rings. The smallest absolute Gasteiger partial charge is 0.307 e. The third kappa shape index (κ3) is 6.02. The summed E-state index contributed by atoms with van der Waals surface area (Å²) in [6, 6.07) is 0. The molecule has 1 heterocycles. The first-order valence-electron chi connectivity index (χ1n) is 6.12. The van der Waals surface area contributed by atoms with Crippen LogP contribution in [0, 0.1) is 0 Å². The number of esters is 1. The Morgan fingerprint density at radius 2 is 1.94 bits per heavy atom. The van der Waals surface area contributed by atoms with E-state index in [9.17, 15) is 13.2 Å².